The molecule has 13 nitrogen and oxygen atoms in total. The highest BCUT2D eigenvalue weighted by molar-refractivity contribution is 5.95. The van der Waals surface area contributed by atoms with Crippen molar-refractivity contribution in [1.29, 1.82) is 0 Å². The maximum absolute atomic E-state index is 12.1. The number of carboxylic acid groups (broad SMARTS) is 2. The summed E-state index contributed by atoms with van der Waals surface area (Å²) in [6.45, 7) is 7.12. The summed E-state index contributed by atoms with van der Waals surface area (Å²) in [6, 6.07) is 18.9. The zero-order valence-electron chi connectivity index (χ0n) is 28.4. The van der Waals surface area contributed by atoms with E-state index >= 15 is 0 Å². The SMILES string of the molecule is CNC1CCc2c(ccc(OC(=O)C(C)C)c2OC(=O)C(C)C)C1.O=C(OC(C(=O)O)[C@@H](OC(=O)c1ccccc1)C(=O)O)c1ccccc1. The minimum absolute atomic E-state index is 0.0253. The van der Waals surface area contributed by atoms with Gasteiger partial charge in [0.05, 0.1) is 23.0 Å². The van der Waals surface area contributed by atoms with Gasteiger partial charge in [-0.3, -0.25) is 9.59 Å². The first-order valence-corrected chi connectivity index (χ1v) is 16.0. The minimum Gasteiger partial charge on any atom is -0.478 e. The molecule has 0 bridgehead atoms. The molecule has 3 aromatic carbocycles. The lowest BCUT2D eigenvalue weighted by Crippen LogP contribution is -2.45. The second-order valence-electron chi connectivity index (χ2n) is 12.0. The van der Waals surface area contributed by atoms with Gasteiger partial charge in [-0.25, -0.2) is 19.2 Å². The largest absolute Gasteiger partial charge is 0.478 e. The zero-order chi connectivity index (χ0) is 37.0. The maximum atomic E-state index is 12.1. The molecule has 1 aliphatic rings. The number of carbonyl (C=O) groups excluding carboxylic acids is 4. The number of carboxylic acids is 2. The number of fused-ring (bicyclic) bond motifs is 1. The number of benzene rings is 3. The fourth-order valence-corrected chi connectivity index (χ4v) is 4.68. The summed E-state index contributed by atoms with van der Waals surface area (Å²) in [7, 11) is 1.95. The van der Waals surface area contributed by atoms with Crippen molar-refractivity contribution in [2.45, 2.75) is 65.2 Å². The van der Waals surface area contributed by atoms with Crippen LogP contribution in [0.25, 0.3) is 0 Å². The molecule has 3 aromatic rings. The molecule has 3 N–H and O–H groups in total. The summed E-state index contributed by atoms with van der Waals surface area (Å²) in [5, 5.41) is 21.8. The Morgan fingerprint density at radius 1 is 0.680 bits per heavy atom. The number of aliphatic carboxylic acids is 2. The topological polar surface area (TPSA) is 192 Å². The number of likely N-dealkylation sites (N-methyl/N-ethyl adjacent to an activating group) is 1. The van der Waals surface area contributed by atoms with E-state index in [9.17, 15) is 39.0 Å². The van der Waals surface area contributed by atoms with E-state index in [1.165, 1.54) is 48.5 Å². The molecule has 0 saturated carbocycles. The van der Waals surface area contributed by atoms with E-state index in [4.69, 9.17) is 18.9 Å². The zero-order valence-corrected chi connectivity index (χ0v) is 28.4. The van der Waals surface area contributed by atoms with Gasteiger partial charge in [0.25, 0.3) is 0 Å². The van der Waals surface area contributed by atoms with Gasteiger partial charge >= 0.3 is 35.8 Å². The molecule has 0 fully saturated rings. The molecule has 2 unspecified atom stereocenters. The second-order valence-corrected chi connectivity index (χ2v) is 12.0. The van der Waals surface area contributed by atoms with Crippen molar-refractivity contribution in [1.82, 2.24) is 5.32 Å². The van der Waals surface area contributed by atoms with Gasteiger partial charge in [0, 0.05) is 11.6 Å². The van der Waals surface area contributed by atoms with Gasteiger partial charge in [-0.1, -0.05) is 70.2 Å². The highest BCUT2D eigenvalue weighted by atomic mass is 16.6. The van der Waals surface area contributed by atoms with Gasteiger partial charge in [0.2, 0.25) is 12.2 Å². The molecule has 0 saturated heterocycles. The van der Waals surface area contributed by atoms with Crippen LogP contribution in [0, 0.1) is 11.8 Å². The molecule has 0 radical (unpaired) electrons. The van der Waals surface area contributed by atoms with Crippen molar-refractivity contribution < 1.29 is 57.9 Å². The van der Waals surface area contributed by atoms with Crippen LogP contribution >= 0.6 is 0 Å². The van der Waals surface area contributed by atoms with Crippen molar-refractivity contribution in [3.8, 4) is 11.5 Å². The van der Waals surface area contributed by atoms with Gasteiger partial charge in [0.15, 0.2) is 11.5 Å². The van der Waals surface area contributed by atoms with Crippen LogP contribution in [0.3, 0.4) is 0 Å². The minimum atomic E-state index is -2.21. The molecule has 0 amide bonds. The predicted molar refractivity (Wildman–Crippen MR) is 179 cm³/mol. The van der Waals surface area contributed by atoms with Gasteiger partial charge in [-0.15, -0.1) is 0 Å². The molecule has 13 heteroatoms. The number of ether oxygens (including phenoxy) is 4. The summed E-state index contributed by atoms with van der Waals surface area (Å²) in [6.07, 6.45) is -1.82. The first kappa shape index (κ1) is 38.9. The van der Waals surface area contributed by atoms with E-state index < -0.39 is 36.1 Å². The first-order chi connectivity index (χ1) is 23.7. The van der Waals surface area contributed by atoms with Gasteiger partial charge < -0.3 is 34.5 Å². The van der Waals surface area contributed by atoms with Crippen LogP contribution in [-0.2, 0) is 41.5 Å². The lowest BCUT2D eigenvalue weighted by Gasteiger charge is -2.27. The van der Waals surface area contributed by atoms with Crippen molar-refractivity contribution >= 4 is 35.8 Å². The Morgan fingerprint density at radius 3 is 1.56 bits per heavy atom. The maximum Gasteiger partial charge on any atom is 0.349 e. The summed E-state index contributed by atoms with van der Waals surface area (Å²) in [5.74, 6) is -6.03. The molecule has 266 valence electrons. The van der Waals surface area contributed by atoms with Crippen molar-refractivity contribution in [3.05, 3.63) is 95.1 Å². The summed E-state index contributed by atoms with van der Waals surface area (Å²) in [5.41, 5.74) is 2.16. The quantitative estimate of drug-likeness (QED) is 0.178. The average molecular weight is 692 g/mol. The van der Waals surface area contributed by atoms with Crippen LogP contribution in [-0.4, -0.2) is 71.3 Å². The van der Waals surface area contributed by atoms with Crippen LogP contribution in [0.15, 0.2) is 72.8 Å². The van der Waals surface area contributed by atoms with Crippen LogP contribution < -0.4 is 14.8 Å². The molecule has 0 spiro atoms. The van der Waals surface area contributed by atoms with E-state index in [1.54, 1.807) is 45.9 Å². The van der Waals surface area contributed by atoms with E-state index in [0.29, 0.717) is 17.5 Å². The lowest BCUT2D eigenvalue weighted by molar-refractivity contribution is -0.166. The number of hydrogen-bond donors (Lipinski definition) is 3. The van der Waals surface area contributed by atoms with Gasteiger partial charge in [-0.2, -0.15) is 0 Å². The molecule has 1 aliphatic carbocycles. The summed E-state index contributed by atoms with van der Waals surface area (Å²) < 4.78 is 20.6. The standard InChI is InChI=1S/C19H27NO4.C18H14O8/c1-11(2)18(21)23-16-9-6-13-10-14(20-5)7-8-15(13)17(16)24-19(22)12(3)4;19-15(20)13(25-17(23)11-7-3-1-4-8-11)14(16(21)22)26-18(24)12-9-5-2-6-10-12/h6,9,11-12,14,20H,7-8,10H2,1-5H3;1-10,13-14H,(H,19,20)(H,21,22)/t;13-,14?/m.1/s1. The molecule has 0 heterocycles. The van der Waals surface area contributed by atoms with Gasteiger partial charge in [0.1, 0.15) is 0 Å². The first-order valence-electron chi connectivity index (χ1n) is 16.0. The second kappa shape index (κ2) is 18.3. The molecular formula is C37H41NO12. The van der Waals surface area contributed by atoms with Crippen molar-refractivity contribution in [2.75, 3.05) is 7.05 Å². The van der Waals surface area contributed by atoms with Gasteiger partial charge in [-0.05, 0) is 62.2 Å². The van der Waals surface area contributed by atoms with Crippen molar-refractivity contribution in [2.24, 2.45) is 11.8 Å². The molecule has 0 aromatic heterocycles. The molecule has 3 atom stereocenters. The van der Waals surface area contributed by atoms with E-state index in [-0.39, 0.29) is 34.9 Å². The molecule has 4 rings (SSSR count). The predicted octanol–water partition coefficient (Wildman–Crippen LogP) is 4.49. The van der Waals surface area contributed by atoms with Crippen LogP contribution in [0.2, 0.25) is 0 Å². The molecule has 0 aliphatic heterocycles. The normalized spacial score (nSPS) is 14.6. The van der Waals surface area contributed by atoms with E-state index in [2.05, 4.69) is 5.32 Å². The molecular weight excluding hydrogens is 650 g/mol. The summed E-state index contributed by atoms with van der Waals surface area (Å²) >= 11 is 0. The summed E-state index contributed by atoms with van der Waals surface area (Å²) in [4.78, 5) is 70.9. The Hall–Kier alpha value is -5.56. The van der Waals surface area contributed by atoms with E-state index in [0.717, 1.165) is 30.4 Å². The van der Waals surface area contributed by atoms with Crippen LogP contribution in [0.5, 0.6) is 11.5 Å². The Morgan fingerprint density at radius 2 is 1.14 bits per heavy atom. The average Bonchev–Trinajstić information content (AvgIpc) is 3.10. The van der Waals surface area contributed by atoms with Crippen LogP contribution in [0.1, 0.15) is 66.0 Å². The number of hydrogen-bond acceptors (Lipinski definition) is 11. The third kappa shape index (κ3) is 10.7. The number of nitrogens with one attached hydrogen (secondary N) is 1. The van der Waals surface area contributed by atoms with E-state index in [1.807, 2.05) is 13.1 Å². The monoisotopic (exact) mass is 691 g/mol. The van der Waals surface area contributed by atoms with Crippen molar-refractivity contribution in [3.63, 3.8) is 0 Å². The number of esters is 4. The fraction of sp³-hybridized carbons (Fsp3) is 0.351. The third-order valence-corrected chi connectivity index (χ3v) is 7.54. The number of carbonyl (C=O) groups is 6. The highest BCUT2D eigenvalue weighted by Crippen LogP contribution is 2.38. The third-order valence-electron chi connectivity index (χ3n) is 7.54. The molecule has 50 heavy (non-hydrogen) atoms. The lowest BCUT2D eigenvalue weighted by atomic mass is 9.87. The number of rotatable bonds is 12. The fourth-order valence-electron chi connectivity index (χ4n) is 4.68. The Kier molecular flexibility index (Phi) is 14.2. The highest BCUT2D eigenvalue weighted by Gasteiger charge is 2.41. The smallest absolute Gasteiger partial charge is 0.349 e. The van der Waals surface area contributed by atoms with Crippen LogP contribution in [0.4, 0.5) is 0 Å². The Bertz CT molecular complexity index is 1600. The Balaban J connectivity index is 0.000000271. The Labute approximate surface area is 289 Å².